The van der Waals surface area contributed by atoms with Crippen LogP contribution in [0.4, 0.5) is 5.13 Å². The summed E-state index contributed by atoms with van der Waals surface area (Å²) in [5, 5.41) is 0.659. The van der Waals surface area contributed by atoms with Gasteiger partial charge in [-0.25, -0.2) is 4.98 Å². The van der Waals surface area contributed by atoms with Crippen molar-refractivity contribution in [2.75, 3.05) is 19.1 Å². The van der Waals surface area contributed by atoms with Gasteiger partial charge in [-0.15, -0.1) is 0 Å². The summed E-state index contributed by atoms with van der Waals surface area (Å²) in [6, 6.07) is 21.4. The van der Waals surface area contributed by atoms with Crippen LogP contribution in [0.15, 0.2) is 66.7 Å². The molecule has 0 atom stereocenters. The molecule has 6 heteroatoms. The molecular weight excluding hydrogens is 420 g/mol. The number of para-hydroxylation sites is 1. The molecule has 0 N–H and O–H groups in total. The van der Waals surface area contributed by atoms with Gasteiger partial charge >= 0.3 is 0 Å². The molecule has 32 heavy (non-hydrogen) atoms. The normalized spacial score (nSPS) is 11.0. The molecule has 0 aliphatic heterocycles. The Morgan fingerprint density at radius 2 is 1.78 bits per heavy atom. The molecule has 0 saturated heterocycles. The molecule has 3 aromatic carbocycles. The fourth-order valence-corrected chi connectivity index (χ4v) is 4.66. The molecule has 1 aromatic heterocycles. The molecule has 0 fully saturated rings. The van der Waals surface area contributed by atoms with Crippen LogP contribution in [0.5, 0.6) is 11.5 Å². The topological polar surface area (TPSA) is 51.7 Å². The van der Waals surface area contributed by atoms with Gasteiger partial charge < -0.3 is 9.47 Å². The van der Waals surface area contributed by atoms with E-state index in [1.807, 2.05) is 36.4 Å². The zero-order valence-electron chi connectivity index (χ0n) is 18.7. The highest BCUT2D eigenvalue weighted by Gasteiger charge is 2.25. The molecule has 0 saturated carbocycles. The number of anilines is 1. The van der Waals surface area contributed by atoms with Crippen LogP contribution in [0.3, 0.4) is 0 Å². The molecule has 164 valence electrons. The Bertz CT molecular complexity index is 1230. The Labute approximate surface area is 192 Å². The second kappa shape index (κ2) is 9.40. The van der Waals surface area contributed by atoms with Crippen LogP contribution in [-0.4, -0.2) is 25.1 Å². The van der Waals surface area contributed by atoms with E-state index in [0.29, 0.717) is 34.7 Å². The first-order chi connectivity index (χ1) is 15.5. The van der Waals surface area contributed by atoms with Gasteiger partial charge in [0, 0.05) is 0 Å². The predicted octanol–water partition coefficient (Wildman–Crippen LogP) is 6.28. The fourth-order valence-electron chi connectivity index (χ4n) is 3.66. The maximum atomic E-state index is 13.9. The minimum Gasteiger partial charge on any atom is -0.497 e. The zero-order chi connectivity index (χ0) is 22.7. The monoisotopic (exact) mass is 446 g/mol. The lowest BCUT2D eigenvalue weighted by Crippen LogP contribution is -2.30. The van der Waals surface area contributed by atoms with Crippen LogP contribution in [0.2, 0.25) is 0 Å². The molecule has 0 unspecified atom stereocenters. The molecule has 0 bridgehead atoms. The lowest BCUT2D eigenvalue weighted by molar-refractivity contribution is 0.0982. The van der Waals surface area contributed by atoms with Gasteiger partial charge in [-0.3, -0.25) is 9.69 Å². The maximum Gasteiger partial charge on any atom is 0.264 e. The predicted molar refractivity (Wildman–Crippen MR) is 130 cm³/mol. The molecule has 5 nitrogen and oxygen atoms in total. The number of carbonyl (C=O) groups is 1. The third-order valence-corrected chi connectivity index (χ3v) is 6.40. The summed E-state index contributed by atoms with van der Waals surface area (Å²) in [6.07, 6.45) is 0. The van der Waals surface area contributed by atoms with E-state index in [9.17, 15) is 4.79 Å². The smallest absolute Gasteiger partial charge is 0.264 e. The number of amides is 1. The molecule has 1 heterocycles. The fraction of sp³-hybridized carbons (Fsp3) is 0.231. The average molecular weight is 447 g/mol. The van der Waals surface area contributed by atoms with Crippen LogP contribution < -0.4 is 14.4 Å². The van der Waals surface area contributed by atoms with Crippen LogP contribution >= 0.6 is 11.3 Å². The first-order valence-corrected chi connectivity index (χ1v) is 11.3. The number of nitrogens with zero attached hydrogens (tertiary/aromatic N) is 2. The van der Waals surface area contributed by atoms with Crippen molar-refractivity contribution in [3.63, 3.8) is 0 Å². The van der Waals surface area contributed by atoms with Gasteiger partial charge in [0.1, 0.15) is 11.5 Å². The molecule has 4 aromatic rings. The SMILES string of the molecule is COc1ccc(OC)c(C(=O)N(Cc2ccccc2)c2nc3c(C(C)C)cccc3s2)c1. The molecule has 0 spiro atoms. The standard InChI is InChI=1S/C26H26N2O3S/c1-17(2)20-11-8-12-23-24(20)27-26(32-23)28(16-18-9-6-5-7-10-18)25(29)21-15-19(30-3)13-14-22(21)31-4/h5-15,17H,16H2,1-4H3. The number of ether oxygens (including phenoxy) is 2. The van der Waals surface area contributed by atoms with Gasteiger partial charge in [0.2, 0.25) is 0 Å². The summed E-state index contributed by atoms with van der Waals surface area (Å²) in [4.78, 5) is 20.5. The van der Waals surface area contributed by atoms with Crippen molar-refractivity contribution in [3.8, 4) is 11.5 Å². The lowest BCUT2D eigenvalue weighted by atomic mass is 10.0. The second-order valence-electron chi connectivity index (χ2n) is 7.79. The third kappa shape index (κ3) is 4.32. The van der Waals surface area contributed by atoms with Crippen molar-refractivity contribution >= 4 is 32.6 Å². The van der Waals surface area contributed by atoms with Gasteiger partial charge in [-0.05, 0) is 41.3 Å². The van der Waals surface area contributed by atoms with Crippen molar-refractivity contribution < 1.29 is 14.3 Å². The number of benzene rings is 3. The van der Waals surface area contributed by atoms with Crippen molar-refractivity contribution in [1.82, 2.24) is 4.98 Å². The Kier molecular flexibility index (Phi) is 6.42. The van der Waals surface area contributed by atoms with E-state index < -0.39 is 0 Å². The number of rotatable bonds is 7. The van der Waals surface area contributed by atoms with Gasteiger partial charge in [0.05, 0.1) is 36.5 Å². The van der Waals surface area contributed by atoms with Gasteiger partial charge in [-0.2, -0.15) is 0 Å². The van der Waals surface area contributed by atoms with E-state index in [1.54, 1.807) is 37.3 Å². The number of hydrogen-bond acceptors (Lipinski definition) is 5. The number of carbonyl (C=O) groups excluding carboxylic acids is 1. The second-order valence-corrected chi connectivity index (χ2v) is 8.80. The highest BCUT2D eigenvalue weighted by Crippen LogP contribution is 2.36. The molecule has 0 aliphatic carbocycles. The van der Waals surface area contributed by atoms with E-state index >= 15 is 0 Å². The van der Waals surface area contributed by atoms with E-state index in [4.69, 9.17) is 14.5 Å². The van der Waals surface area contributed by atoms with Crippen LogP contribution in [0.1, 0.15) is 41.3 Å². The third-order valence-electron chi connectivity index (χ3n) is 5.36. The zero-order valence-corrected chi connectivity index (χ0v) is 19.5. The minimum atomic E-state index is -0.185. The van der Waals surface area contributed by atoms with E-state index in [1.165, 1.54) is 16.9 Å². The van der Waals surface area contributed by atoms with Crippen molar-refractivity contribution in [1.29, 1.82) is 0 Å². The van der Waals surface area contributed by atoms with Crippen molar-refractivity contribution in [2.24, 2.45) is 0 Å². The van der Waals surface area contributed by atoms with E-state index in [2.05, 4.69) is 26.0 Å². The van der Waals surface area contributed by atoms with Crippen LogP contribution in [-0.2, 0) is 6.54 Å². The number of hydrogen-bond donors (Lipinski definition) is 0. The number of thiazole rings is 1. The Hall–Kier alpha value is -3.38. The quantitative estimate of drug-likeness (QED) is 0.335. The molecule has 4 rings (SSSR count). The maximum absolute atomic E-state index is 13.9. The van der Waals surface area contributed by atoms with Crippen molar-refractivity contribution in [3.05, 3.63) is 83.4 Å². The van der Waals surface area contributed by atoms with Gasteiger partial charge in [-0.1, -0.05) is 67.6 Å². The Balaban J connectivity index is 1.84. The molecular formula is C26H26N2O3S. The average Bonchev–Trinajstić information content (AvgIpc) is 3.26. The summed E-state index contributed by atoms with van der Waals surface area (Å²) < 4.78 is 11.9. The number of fused-ring (bicyclic) bond motifs is 1. The minimum absolute atomic E-state index is 0.185. The largest absolute Gasteiger partial charge is 0.497 e. The van der Waals surface area contributed by atoms with Crippen molar-refractivity contribution in [2.45, 2.75) is 26.3 Å². The highest BCUT2D eigenvalue weighted by molar-refractivity contribution is 7.22. The molecule has 0 radical (unpaired) electrons. The molecule has 1 amide bonds. The summed E-state index contributed by atoms with van der Waals surface area (Å²) in [6.45, 7) is 4.71. The number of methoxy groups -OCH3 is 2. The summed E-state index contributed by atoms with van der Waals surface area (Å²) in [7, 11) is 3.14. The van der Waals surface area contributed by atoms with Crippen LogP contribution in [0, 0.1) is 0 Å². The Morgan fingerprint density at radius 3 is 2.47 bits per heavy atom. The van der Waals surface area contributed by atoms with Crippen LogP contribution in [0.25, 0.3) is 10.2 Å². The van der Waals surface area contributed by atoms with Gasteiger partial charge in [0.15, 0.2) is 5.13 Å². The molecule has 0 aliphatic rings. The van der Waals surface area contributed by atoms with Gasteiger partial charge in [0.25, 0.3) is 5.91 Å². The summed E-state index contributed by atoms with van der Waals surface area (Å²) in [5.41, 5.74) is 3.58. The first-order valence-electron chi connectivity index (χ1n) is 10.5. The van der Waals surface area contributed by atoms with E-state index in [-0.39, 0.29) is 5.91 Å². The first kappa shape index (κ1) is 21.8. The lowest BCUT2D eigenvalue weighted by Gasteiger charge is -2.21. The highest BCUT2D eigenvalue weighted by atomic mass is 32.1. The summed E-state index contributed by atoms with van der Waals surface area (Å²) >= 11 is 1.52. The number of aromatic nitrogens is 1. The Morgan fingerprint density at radius 1 is 1.00 bits per heavy atom. The van der Waals surface area contributed by atoms with E-state index in [0.717, 1.165) is 15.8 Å². The summed E-state index contributed by atoms with van der Waals surface area (Å²) in [5.74, 6) is 1.25.